The van der Waals surface area contributed by atoms with E-state index in [0.717, 1.165) is 27.1 Å². The Bertz CT molecular complexity index is 1440. The van der Waals surface area contributed by atoms with Crippen LogP contribution in [-0.2, 0) is 9.59 Å². The van der Waals surface area contributed by atoms with Gasteiger partial charge >= 0.3 is 0 Å². The smallest absolute Gasteiger partial charge is 0.266 e. The number of nitrogens with zero attached hydrogens (tertiary/aromatic N) is 1. The van der Waals surface area contributed by atoms with Crippen LogP contribution in [0.4, 0.5) is 5.69 Å². The molecule has 1 saturated heterocycles. The van der Waals surface area contributed by atoms with Crippen molar-refractivity contribution in [3.63, 3.8) is 0 Å². The zero-order valence-corrected chi connectivity index (χ0v) is 21.1. The van der Waals surface area contributed by atoms with Gasteiger partial charge in [0.05, 0.1) is 4.91 Å². The average Bonchev–Trinajstić information content (AvgIpc) is 3.12. The average molecular weight is 517 g/mol. The molecule has 0 bridgehead atoms. The maximum atomic E-state index is 13.2. The fraction of sp³-hybridized carbons (Fsp3) is 0.107. The Morgan fingerprint density at radius 3 is 2.26 bits per heavy atom. The van der Waals surface area contributed by atoms with Crippen LogP contribution >= 0.6 is 35.6 Å². The second kappa shape index (κ2) is 10.2. The molecule has 1 heterocycles. The van der Waals surface area contributed by atoms with Crippen LogP contribution in [0.5, 0.6) is 0 Å². The fourth-order valence-electron chi connectivity index (χ4n) is 4.18. The van der Waals surface area contributed by atoms with E-state index >= 15 is 0 Å². The van der Waals surface area contributed by atoms with Crippen molar-refractivity contribution in [1.82, 2.24) is 4.90 Å². The number of fused-ring (bicyclic) bond motifs is 2. The standard InChI is InChI=1S/C28H21ClN2O2S2/c29-20-11-13-21(14-12-20)30-26(32)10-5-15-31-27(33)25(35-28(31)34)17-24-22-8-3-1-6-18(22)16-19-7-2-4-9-23(19)24/h1-4,6-9,11-14,16-17H,5,10,15H2,(H,30,32)/b25-17-. The van der Waals surface area contributed by atoms with Crippen molar-refractivity contribution < 1.29 is 9.59 Å². The maximum Gasteiger partial charge on any atom is 0.266 e. The van der Waals surface area contributed by atoms with E-state index in [1.807, 2.05) is 30.3 Å². The van der Waals surface area contributed by atoms with Gasteiger partial charge < -0.3 is 5.32 Å². The highest BCUT2D eigenvalue weighted by molar-refractivity contribution is 8.26. The molecule has 0 aromatic heterocycles. The minimum absolute atomic E-state index is 0.115. The number of nitrogens with one attached hydrogen (secondary N) is 1. The molecule has 174 valence electrons. The van der Waals surface area contributed by atoms with Crippen molar-refractivity contribution >= 4 is 85.0 Å². The summed E-state index contributed by atoms with van der Waals surface area (Å²) in [5.74, 6) is -0.231. The van der Waals surface area contributed by atoms with Gasteiger partial charge in [0.2, 0.25) is 5.91 Å². The monoisotopic (exact) mass is 516 g/mol. The molecule has 0 aliphatic carbocycles. The number of hydrogen-bond donors (Lipinski definition) is 1. The molecule has 35 heavy (non-hydrogen) atoms. The van der Waals surface area contributed by atoms with E-state index in [1.165, 1.54) is 11.8 Å². The molecule has 5 rings (SSSR count). The molecule has 7 heteroatoms. The summed E-state index contributed by atoms with van der Waals surface area (Å²) >= 11 is 12.7. The first kappa shape index (κ1) is 23.5. The van der Waals surface area contributed by atoms with Crippen LogP contribution in [0.1, 0.15) is 18.4 Å². The lowest BCUT2D eigenvalue weighted by atomic mass is 9.96. The first-order chi connectivity index (χ1) is 17.0. The van der Waals surface area contributed by atoms with Crippen LogP contribution in [0.15, 0.2) is 83.8 Å². The molecule has 1 fully saturated rings. The van der Waals surface area contributed by atoms with E-state index in [9.17, 15) is 9.59 Å². The number of anilines is 1. The van der Waals surface area contributed by atoms with Crippen molar-refractivity contribution in [1.29, 1.82) is 0 Å². The third-order valence-corrected chi connectivity index (χ3v) is 7.51. The third-order valence-electron chi connectivity index (χ3n) is 5.88. The normalized spacial score (nSPS) is 14.9. The zero-order valence-electron chi connectivity index (χ0n) is 18.7. The van der Waals surface area contributed by atoms with Crippen LogP contribution in [0, 0.1) is 0 Å². The molecule has 1 aliphatic rings. The van der Waals surface area contributed by atoms with Gasteiger partial charge in [0.1, 0.15) is 4.32 Å². The van der Waals surface area contributed by atoms with Crippen molar-refractivity contribution in [2.75, 3.05) is 11.9 Å². The van der Waals surface area contributed by atoms with Gasteiger partial charge in [-0.25, -0.2) is 0 Å². The molecule has 0 radical (unpaired) electrons. The molecular formula is C28H21ClN2O2S2. The van der Waals surface area contributed by atoms with Crippen LogP contribution < -0.4 is 5.32 Å². The van der Waals surface area contributed by atoms with E-state index in [2.05, 4.69) is 35.6 Å². The Kier molecular flexibility index (Phi) is 6.86. The summed E-state index contributed by atoms with van der Waals surface area (Å²) in [6, 6.07) is 25.5. The number of benzene rings is 4. The van der Waals surface area contributed by atoms with Crippen LogP contribution in [0.2, 0.25) is 5.02 Å². The number of halogens is 1. The lowest BCUT2D eigenvalue weighted by Gasteiger charge is -2.14. The van der Waals surface area contributed by atoms with Crippen molar-refractivity contribution in [3.05, 3.63) is 94.4 Å². The van der Waals surface area contributed by atoms with Gasteiger partial charge in [-0.05, 0) is 69.9 Å². The van der Waals surface area contributed by atoms with E-state index < -0.39 is 0 Å². The number of amides is 2. The lowest BCUT2D eigenvalue weighted by Crippen LogP contribution is -2.29. The highest BCUT2D eigenvalue weighted by atomic mass is 35.5. The van der Waals surface area contributed by atoms with Gasteiger partial charge in [-0.15, -0.1) is 0 Å². The minimum atomic E-state index is -0.116. The molecule has 0 spiro atoms. The van der Waals surface area contributed by atoms with Crippen LogP contribution in [-0.4, -0.2) is 27.6 Å². The molecular weight excluding hydrogens is 496 g/mol. The molecule has 0 atom stereocenters. The molecule has 0 unspecified atom stereocenters. The lowest BCUT2D eigenvalue weighted by molar-refractivity contribution is -0.122. The van der Waals surface area contributed by atoms with Gasteiger partial charge in [0.15, 0.2) is 0 Å². The summed E-state index contributed by atoms with van der Waals surface area (Å²) < 4.78 is 0.518. The Morgan fingerprint density at radius 1 is 0.971 bits per heavy atom. The largest absolute Gasteiger partial charge is 0.326 e. The second-order valence-electron chi connectivity index (χ2n) is 8.22. The Morgan fingerprint density at radius 2 is 1.60 bits per heavy atom. The topological polar surface area (TPSA) is 49.4 Å². The van der Waals surface area contributed by atoms with Gasteiger partial charge in [0, 0.05) is 23.7 Å². The summed E-state index contributed by atoms with van der Waals surface area (Å²) in [4.78, 5) is 27.7. The minimum Gasteiger partial charge on any atom is -0.326 e. The number of rotatable bonds is 6. The number of carbonyl (C=O) groups excluding carboxylic acids is 2. The summed E-state index contributed by atoms with van der Waals surface area (Å²) in [6.07, 6.45) is 2.75. The van der Waals surface area contributed by atoms with E-state index in [0.29, 0.717) is 32.9 Å². The molecule has 4 aromatic rings. The molecule has 4 nitrogen and oxygen atoms in total. The number of thioether (sulfide) groups is 1. The van der Waals surface area contributed by atoms with Gasteiger partial charge in [-0.3, -0.25) is 14.5 Å². The number of carbonyl (C=O) groups is 2. The predicted molar refractivity (Wildman–Crippen MR) is 151 cm³/mol. The first-order valence-corrected chi connectivity index (χ1v) is 12.8. The van der Waals surface area contributed by atoms with Crippen molar-refractivity contribution in [2.24, 2.45) is 0 Å². The molecule has 2 amide bonds. The third kappa shape index (κ3) is 5.10. The highest BCUT2D eigenvalue weighted by Gasteiger charge is 2.32. The Balaban J connectivity index is 1.32. The first-order valence-electron chi connectivity index (χ1n) is 11.2. The van der Waals surface area contributed by atoms with Gasteiger partial charge in [0.25, 0.3) is 5.91 Å². The molecule has 4 aromatic carbocycles. The Labute approximate surface area is 217 Å². The summed E-state index contributed by atoms with van der Waals surface area (Å²) in [5.41, 5.74) is 1.71. The van der Waals surface area contributed by atoms with Gasteiger partial charge in [-0.2, -0.15) is 0 Å². The maximum absolute atomic E-state index is 13.2. The fourth-order valence-corrected chi connectivity index (χ4v) is 5.60. The second-order valence-corrected chi connectivity index (χ2v) is 10.3. The van der Waals surface area contributed by atoms with E-state index in [-0.39, 0.29) is 18.2 Å². The molecule has 1 aliphatic heterocycles. The predicted octanol–water partition coefficient (Wildman–Crippen LogP) is 7.27. The van der Waals surface area contributed by atoms with E-state index in [4.69, 9.17) is 23.8 Å². The summed E-state index contributed by atoms with van der Waals surface area (Å²) in [7, 11) is 0. The van der Waals surface area contributed by atoms with Gasteiger partial charge in [-0.1, -0.05) is 84.1 Å². The quantitative estimate of drug-likeness (QED) is 0.166. The Hall–Kier alpha value is -3.19. The summed E-state index contributed by atoms with van der Waals surface area (Å²) in [6.45, 7) is 0.395. The zero-order chi connectivity index (χ0) is 24.4. The number of thiocarbonyl (C=S) groups is 1. The molecule has 1 N–H and O–H groups in total. The summed E-state index contributed by atoms with van der Waals surface area (Å²) in [5, 5.41) is 7.89. The number of hydrogen-bond acceptors (Lipinski definition) is 4. The van der Waals surface area contributed by atoms with E-state index in [1.54, 1.807) is 29.2 Å². The van der Waals surface area contributed by atoms with Crippen LogP contribution in [0.3, 0.4) is 0 Å². The van der Waals surface area contributed by atoms with Crippen molar-refractivity contribution in [2.45, 2.75) is 12.8 Å². The highest BCUT2D eigenvalue weighted by Crippen LogP contribution is 2.36. The van der Waals surface area contributed by atoms with Crippen LogP contribution in [0.25, 0.3) is 27.6 Å². The SMILES string of the molecule is O=C(CCCN1C(=O)/C(=C/c2c3ccccc3cc3ccccc23)SC1=S)Nc1ccc(Cl)cc1. The van der Waals surface area contributed by atoms with Crippen molar-refractivity contribution in [3.8, 4) is 0 Å². The molecule has 0 saturated carbocycles.